The van der Waals surface area contributed by atoms with Crippen LogP contribution in [0.1, 0.15) is 10.4 Å². The van der Waals surface area contributed by atoms with Crippen LogP contribution in [-0.2, 0) is 0 Å². The smallest absolute Gasteiger partial charge is 0.150 e. The SMILES string of the molecule is COc1ccc(C=O)c2cn[nH]c12. The third-order valence-corrected chi connectivity index (χ3v) is 1.96. The number of nitrogens with one attached hydrogen (secondary N) is 1. The summed E-state index contributed by atoms with van der Waals surface area (Å²) in [6, 6.07) is 3.45. The number of rotatable bonds is 2. The molecule has 0 radical (unpaired) electrons. The number of methoxy groups -OCH3 is 1. The number of H-pyrrole nitrogens is 1. The maximum atomic E-state index is 10.6. The maximum Gasteiger partial charge on any atom is 0.150 e. The Balaban J connectivity index is 2.81. The summed E-state index contributed by atoms with van der Waals surface area (Å²) in [5.74, 6) is 0.693. The fourth-order valence-electron chi connectivity index (χ4n) is 1.30. The first kappa shape index (κ1) is 7.79. The van der Waals surface area contributed by atoms with Crippen LogP contribution in [0, 0.1) is 0 Å². The van der Waals surface area contributed by atoms with Crippen molar-refractivity contribution in [3.8, 4) is 5.75 Å². The van der Waals surface area contributed by atoms with Gasteiger partial charge in [-0.1, -0.05) is 0 Å². The molecular weight excluding hydrogens is 168 g/mol. The minimum atomic E-state index is 0.615. The van der Waals surface area contributed by atoms with Crippen molar-refractivity contribution in [2.75, 3.05) is 7.11 Å². The van der Waals surface area contributed by atoms with Gasteiger partial charge in [0, 0.05) is 10.9 Å². The van der Waals surface area contributed by atoms with E-state index in [9.17, 15) is 4.79 Å². The average molecular weight is 176 g/mol. The highest BCUT2D eigenvalue weighted by atomic mass is 16.5. The zero-order valence-electron chi connectivity index (χ0n) is 7.07. The summed E-state index contributed by atoms with van der Waals surface area (Å²) in [5, 5.41) is 7.42. The first-order valence-electron chi connectivity index (χ1n) is 3.82. The van der Waals surface area contributed by atoms with Crippen LogP contribution < -0.4 is 4.74 Å². The van der Waals surface area contributed by atoms with Gasteiger partial charge in [-0.15, -0.1) is 0 Å². The zero-order chi connectivity index (χ0) is 9.26. The fourth-order valence-corrected chi connectivity index (χ4v) is 1.30. The van der Waals surface area contributed by atoms with Gasteiger partial charge in [0.15, 0.2) is 6.29 Å². The predicted molar refractivity (Wildman–Crippen MR) is 48.0 cm³/mol. The monoisotopic (exact) mass is 176 g/mol. The second-order valence-electron chi connectivity index (χ2n) is 2.63. The van der Waals surface area contributed by atoms with Crippen LogP contribution in [0.3, 0.4) is 0 Å². The minimum Gasteiger partial charge on any atom is -0.494 e. The number of benzene rings is 1. The first-order chi connectivity index (χ1) is 6.36. The van der Waals surface area contributed by atoms with Crippen molar-refractivity contribution < 1.29 is 9.53 Å². The number of aromatic amines is 1. The molecule has 0 unspecified atom stereocenters. The van der Waals surface area contributed by atoms with Crippen LogP contribution in [0.25, 0.3) is 10.9 Å². The van der Waals surface area contributed by atoms with Crippen molar-refractivity contribution in [2.24, 2.45) is 0 Å². The normalized spacial score (nSPS) is 10.2. The molecular formula is C9H8N2O2. The Bertz CT molecular complexity index is 448. The molecule has 0 bridgehead atoms. The summed E-state index contributed by atoms with van der Waals surface area (Å²) in [5.41, 5.74) is 1.37. The van der Waals surface area contributed by atoms with Crippen LogP contribution in [0.2, 0.25) is 0 Å². The zero-order valence-corrected chi connectivity index (χ0v) is 7.07. The van der Waals surface area contributed by atoms with Gasteiger partial charge in [-0.25, -0.2) is 0 Å². The fraction of sp³-hybridized carbons (Fsp3) is 0.111. The van der Waals surface area contributed by atoms with E-state index in [2.05, 4.69) is 10.2 Å². The van der Waals surface area contributed by atoms with Gasteiger partial charge in [0.2, 0.25) is 0 Å². The lowest BCUT2D eigenvalue weighted by Gasteiger charge is -2.01. The number of carbonyl (C=O) groups is 1. The van der Waals surface area contributed by atoms with Crippen LogP contribution in [0.15, 0.2) is 18.3 Å². The summed E-state index contributed by atoms with van der Waals surface area (Å²) in [6.07, 6.45) is 2.42. The van der Waals surface area contributed by atoms with Gasteiger partial charge in [0.1, 0.15) is 11.3 Å². The third-order valence-electron chi connectivity index (χ3n) is 1.96. The minimum absolute atomic E-state index is 0.615. The van der Waals surface area contributed by atoms with Crippen molar-refractivity contribution in [3.63, 3.8) is 0 Å². The highest BCUT2D eigenvalue weighted by molar-refractivity contribution is 5.98. The molecule has 1 heterocycles. The number of ether oxygens (including phenoxy) is 1. The van der Waals surface area contributed by atoms with Gasteiger partial charge in [0.25, 0.3) is 0 Å². The molecule has 0 saturated heterocycles. The summed E-state index contributed by atoms with van der Waals surface area (Å²) in [7, 11) is 1.58. The molecule has 0 aliphatic heterocycles. The molecule has 4 nitrogen and oxygen atoms in total. The molecule has 66 valence electrons. The number of nitrogens with zero attached hydrogens (tertiary/aromatic N) is 1. The Kier molecular flexibility index (Phi) is 1.73. The summed E-state index contributed by atoms with van der Waals surface area (Å²) in [6.45, 7) is 0. The van der Waals surface area contributed by atoms with E-state index in [1.165, 1.54) is 0 Å². The lowest BCUT2D eigenvalue weighted by Crippen LogP contribution is -1.87. The van der Waals surface area contributed by atoms with Crippen molar-refractivity contribution >= 4 is 17.2 Å². The second-order valence-corrected chi connectivity index (χ2v) is 2.63. The van der Waals surface area contributed by atoms with E-state index in [1.807, 2.05) is 0 Å². The Morgan fingerprint density at radius 3 is 3.08 bits per heavy atom. The van der Waals surface area contributed by atoms with Gasteiger partial charge in [-0.05, 0) is 12.1 Å². The quantitative estimate of drug-likeness (QED) is 0.703. The molecule has 0 amide bonds. The van der Waals surface area contributed by atoms with E-state index in [1.54, 1.807) is 25.4 Å². The summed E-state index contributed by atoms with van der Waals surface area (Å²) in [4.78, 5) is 10.6. The van der Waals surface area contributed by atoms with Gasteiger partial charge < -0.3 is 4.74 Å². The Morgan fingerprint density at radius 1 is 1.54 bits per heavy atom. The van der Waals surface area contributed by atoms with Gasteiger partial charge in [-0.2, -0.15) is 5.10 Å². The molecule has 4 heteroatoms. The second kappa shape index (κ2) is 2.90. The predicted octanol–water partition coefficient (Wildman–Crippen LogP) is 1.38. The van der Waals surface area contributed by atoms with Crippen molar-refractivity contribution in [1.29, 1.82) is 0 Å². The van der Waals surface area contributed by atoms with Gasteiger partial charge >= 0.3 is 0 Å². The Hall–Kier alpha value is -1.84. The highest BCUT2D eigenvalue weighted by Crippen LogP contribution is 2.24. The molecule has 1 N–H and O–H groups in total. The van der Waals surface area contributed by atoms with Gasteiger partial charge in [-0.3, -0.25) is 9.89 Å². The summed E-state index contributed by atoms with van der Waals surface area (Å²) >= 11 is 0. The van der Waals surface area contributed by atoms with Crippen molar-refractivity contribution in [1.82, 2.24) is 10.2 Å². The third kappa shape index (κ3) is 1.07. The number of aldehydes is 1. The number of carbonyl (C=O) groups excluding carboxylic acids is 1. The maximum absolute atomic E-state index is 10.6. The van der Waals surface area contributed by atoms with E-state index >= 15 is 0 Å². The topological polar surface area (TPSA) is 55.0 Å². The molecule has 13 heavy (non-hydrogen) atoms. The Labute approximate surface area is 74.5 Å². The molecule has 0 fully saturated rings. The largest absolute Gasteiger partial charge is 0.494 e. The van der Waals surface area contributed by atoms with Crippen LogP contribution >= 0.6 is 0 Å². The molecule has 1 aromatic carbocycles. The van der Waals surface area contributed by atoms with Crippen LogP contribution in [-0.4, -0.2) is 23.6 Å². The number of aromatic nitrogens is 2. The molecule has 2 rings (SSSR count). The lowest BCUT2D eigenvalue weighted by molar-refractivity contribution is 0.112. The molecule has 0 aliphatic rings. The van der Waals surface area contributed by atoms with Crippen LogP contribution in [0.4, 0.5) is 0 Å². The Morgan fingerprint density at radius 2 is 2.38 bits per heavy atom. The number of hydrogen-bond donors (Lipinski definition) is 1. The molecule has 0 atom stereocenters. The van der Waals surface area contributed by atoms with E-state index in [4.69, 9.17) is 4.74 Å². The van der Waals surface area contributed by atoms with E-state index in [-0.39, 0.29) is 0 Å². The van der Waals surface area contributed by atoms with E-state index in [0.717, 1.165) is 17.2 Å². The van der Waals surface area contributed by atoms with E-state index < -0.39 is 0 Å². The van der Waals surface area contributed by atoms with Gasteiger partial charge in [0.05, 0.1) is 13.3 Å². The van der Waals surface area contributed by atoms with Crippen molar-refractivity contribution in [2.45, 2.75) is 0 Å². The molecule has 0 saturated carbocycles. The van der Waals surface area contributed by atoms with E-state index in [0.29, 0.717) is 11.3 Å². The highest BCUT2D eigenvalue weighted by Gasteiger charge is 2.06. The average Bonchev–Trinajstić information content (AvgIpc) is 2.64. The molecule has 1 aromatic heterocycles. The molecule has 2 aromatic rings. The van der Waals surface area contributed by atoms with Crippen molar-refractivity contribution in [3.05, 3.63) is 23.9 Å². The first-order valence-corrected chi connectivity index (χ1v) is 3.82. The standard InChI is InChI=1S/C9H8N2O2/c1-13-8-3-2-6(5-12)7-4-10-11-9(7)8/h2-5H,1H3,(H,10,11). The molecule has 0 aliphatic carbocycles. The van der Waals surface area contributed by atoms with Crippen LogP contribution in [0.5, 0.6) is 5.75 Å². The lowest BCUT2D eigenvalue weighted by atomic mass is 10.1. The summed E-state index contributed by atoms with van der Waals surface area (Å²) < 4.78 is 5.10. The molecule has 0 spiro atoms. The number of hydrogen-bond acceptors (Lipinski definition) is 3. The number of fused-ring (bicyclic) bond motifs is 1.